The van der Waals surface area contributed by atoms with Gasteiger partial charge in [-0.1, -0.05) is 36.4 Å². The minimum absolute atomic E-state index is 0.0162. The van der Waals surface area contributed by atoms with Gasteiger partial charge in [0.1, 0.15) is 11.3 Å². The first-order valence-corrected chi connectivity index (χ1v) is 8.34. The van der Waals surface area contributed by atoms with Gasteiger partial charge in [-0.25, -0.2) is 4.79 Å². The molecule has 3 rings (SSSR count). The summed E-state index contributed by atoms with van der Waals surface area (Å²) in [6.07, 6.45) is -0.322. The molecule has 0 amide bonds. The molecule has 5 heteroatoms. The lowest BCUT2D eigenvalue weighted by Gasteiger charge is -2.18. The molecule has 0 fully saturated rings. The van der Waals surface area contributed by atoms with Crippen LogP contribution in [0.2, 0.25) is 0 Å². The number of aromatic hydroxyl groups is 1. The van der Waals surface area contributed by atoms with Crippen LogP contribution >= 0.6 is 0 Å². The van der Waals surface area contributed by atoms with Crippen LogP contribution in [-0.4, -0.2) is 16.2 Å². The molecule has 0 aliphatic rings. The van der Waals surface area contributed by atoms with Crippen molar-refractivity contribution in [3.8, 4) is 5.75 Å². The van der Waals surface area contributed by atoms with Crippen LogP contribution in [-0.2, 0) is 4.79 Å². The lowest BCUT2D eigenvalue weighted by atomic mass is 9.87. The van der Waals surface area contributed by atoms with Gasteiger partial charge in [-0.15, -0.1) is 0 Å². The zero-order chi connectivity index (χ0) is 19.0. The summed E-state index contributed by atoms with van der Waals surface area (Å²) in [4.78, 5) is 24.1. The summed E-state index contributed by atoms with van der Waals surface area (Å²) in [5.74, 6) is -2.06. The number of aliphatic carboxylic acids is 1. The molecule has 0 radical (unpaired) electrons. The smallest absolute Gasteiger partial charge is 0.343 e. The van der Waals surface area contributed by atoms with E-state index in [1.807, 2.05) is 26.8 Å². The quantitative estimate of drug-likeness (QED) is 0.692. The monoisotopic (exact) mass is 352 g/mol. The average Bonchev–Trinajstić information content (AvgIpc) is 2.58. The molecule has 0 bridgehead atoms. The number of fused-ring (bicyclic) bond motifs is 1. The van der Waals surface area contributed by atoms with Gasteiger partial charge in [-0.05, 0) is 43.0 Å². The first kappa shape index (κ1) is 17.7. The highest BCUT2D eigenvalue weighted by molar-refractivity contribution is 5.90. The van der Waals surface area contributed by atoms with Gasteiger partial charge < -0.3 is 14.6 Å². The molecule has 134 valence electrons. The van der Waals surface area contributed by atoms with Crippen LogP contribution in [0, 0.1) is 20.8 Å². The Bertz CT molecular complexity index is 1050. The Labute approximate surface area is 150 Å². The van der Waals surface area contributed by atoms with Crippen molar-refractivity contribution in [3.63, 3.8) is 0 Å². The molecule has 26 heavy (non-hydrogen) atoms. The Morgan fingerprint density at radius 2 is 1.77 bits per heavy atom. The van der Waals surface area contributed by atoms with E-state index in [4.69, 9.17) is 4.42 Å². The highest BCUT2D eigenvalue weighted by atomic mass is 16.4. The number of benzene rings is 2. The lowest BCUT2D eigenvalue weighted by Crippen LogP contribution is -2.17. The number of hydrogen-bond donors (Lipinski definition) is 2. The van der Waals surface area contributed by atoms with Gasteiger partial charge in [0.15, 0.2) is 0 Å². The molecule has 2 N–H and O–H groups in total. The molecule has 1 aromatic heterocycles. The van der Waals surface area contributed by atoms with E-state index in [1.54, 1.807) is 30.3 Å². The third-order valence-electron chi connectivity index (χ3n) is 4.82. The van der Waals surface area contributed by atoms with Gasteiger partial charge >= 0.3 is 11.6 Å². The standard InChI is InChI=1S/C21H20O5/c1-11-9-12(2)17-19(24)18(21(25)26-20(17)13(11)3)15(10-16(22)23)14-7-5-4-6-8-14/h4-9,15,24H,10H2,1-3H3,(H,22,23)/t15-/m0/s1. The molecule has 1 atom stereocenters. The van der Waals surface area contributed by atoms with Gasteiger partial charge in [-0.2, -0.15) is 0 Å². The second-order valence-corrected chi connectivity index (χ2v) is 6.55. The molecule has 0 unspecified atom stereocenters. The Morgan fingerprint density at radius 1 is 1.12 bits per heavy atom. The molecule has 0 aliphatic carbocycles. The predicted molar refractivity (Wildman–Crippen MR) is 98.9 cm³/mol. The van der Waals surface area contributed by atoms with Crippen LogP contribution in [0.25, 0.3) is 11.0 Å². The highest BCUT2D eigenvalue weighted by Crippen LogP contribution is 2.38. The molecular formula is C21H20O5. The fourth-order valence-electron chi connectivity index (χ4n) is 3.41. The number of carboxylic acid groups (broad SMARTS) is 1. The fourth-order valence-corrected chi connectivity index (χ4v) is 3.41. The Morgan fingerprint density at radius 3 is 2.38 bits per heavy atom. The lowest BCUT2D eigenvalue weighted by molar-refractivity contribution is -0.137. The molecule has 0 saturated heterocycles. The maximum Gasteiger partial charge on any atom is 0.343 e. The third-order valence-corrected chi connectivity index (χ3v) is 4.82. The summed E-state index contributed by atoms with van der Waals surface area (Å²) < 4.78 is 5.54. The number of hydrogen-bond acceptors (Lipinski definition) is 4. The zero-order valence-corrected chi connectivity index (χ0v) is 14.9. The zero-order valence-electron chi connectivity index (χ0n) is 14.9. The normalized spacial score (nSPS) is 12.3. The topological polar surface area (TPSA) is 87.7 Å². The first-order chi connectivity index (χ1) is 12.3. The van der Waals surface area contributed by atoms with Gasteiger partial charge in [0.2, 0.25) is 0 Å². The molecule has 0 saturated carbocycles. The van der Waals surface area contributed by atoms with Crippen LogP contribution in [0.3, 0.4) is 0 Å². The molecular weight excluding hydrogens is 332 g/mol. The third kappa shape index (κ3) is 2.96. The van der Waals surface area contributed by atoms with Crippen molar-refractivity contribution in [1.82, 2.24) is 0 Å². The Hall–Kier alpha value is -3.08. The number of carboxylic acids is 1. The van der Waals surface area contributed by atoms with E-state index in [9.17, 15) is 19.8 Å². The Kier molecular flexibility index (Phi) is 4.55. The molecule has 1 heterocycles. The van der Waals surface area contributed by atoms with Gasteiger partial charge in [0.25, 0.3) is 0 Å². The molecule has 0 spiro atoms. The van der Waals surface area contributed by atoms with E-state index in [1.165, 1.54) is 0 Å². The number of carbonyl (C=O) groups is 1. The van der Waals surface area contributed by atoms with Crippen LogP contribution < -0.4 is 5.63 Å². The fraction of sp³-hybridized carbons (Fsp3) is 0.238. The van der Waals surface area contributed by atoms with E-state index < -0.39 is 17.5 Å². The summed E-state index contributed by atoms with van der Waals surface area (Å²) in [7, 11) is 0. The SMILES string of the molecule is Cc1cc(C)c2c(O)c([C@@H](CC(=O)O)c3ccccc3)c(=O)oc2c1C. The van der Waals surface area contributed by atoms with Crippen LogP contribution in [0.4, 0.5) is 0 Å². The summed E-state index contributed by atoms with van der Waals surface area (Å²) in [6, 6.07) is 10.7. The molecule has 2 aromatic carbocycles. The predicted octanol–water partition coefficient (Wildman–Crippen LogP) is 4.03. The number of aryl methyl sites for hydroxylation is 3. The van der Waals surface area contributed by atoms with Crippen molar-refractivity contribution in [2.45, 2.75) is 33.1 Å². The summed E-state index contributed by atoms with van der Waals surface area (Å²) >= 11 is 0. The van der Waals surface area contributed by atoms with E-state index in [0.29, 0.717) is 16.5 Å². The molecule has 3 aromatic rings. The average molecular weight is 352 g/mol. The largest absolute Gasteiger partial charge is 0.507 e. The minimum atomic E-state index is -1.06. The maximum absolute atomic E-state index is 12.7. The highest BCUT2D eigenvalue weighted by Gasteiger charge is 2.28. The van der Waals surface area contributed by atoms with Gasteiger partial charge in [0.05, 0.1) is 17.4 Å². The summed E-state index contributed by atoms with van der Waals surface area (Å²) in [5.41, 5.74) is 2.76. The van der Waals surface area contributed by atoms with Crippen LogP contribution in [0.15, 0.2) is 45.6 Å². The van der Waals surface area contributed by atoms with Crippen molar-refractivity contribution in [1.29, 1.82) is 0 Å². The van der Waals surface area contributed by atoms with Crippen LogP contribution in [0.1, 0.15) is 40.2 Å². The van der Waals surface area contributed by atoms with Crippen molar-refractivity contribution in [2.75, 3.05) is 0 Å². The molecule has 5 nitrogen and oxygen atoms in total. The van der Waals surface area contributed by atoms with Crippen molar-refractivity contribution < 1.29 is 19.4 Å². The summed E-state index contributed by atoms with van der Waals surface area (Å²) in [5, 5.41) is 20.7. The minimum Gasteiger partial charge on any atom is -0.507 e. The van der Waals surface area contributed by atoms with E-state index in [0.717, 1.165) is 16.7 Å². The molecule has 0 aliphatic heterocycles. The van der Waals surface area contributed by atoms with Crippen molar-refractivity contribution in [3.05, 3.63) is 74.6 Å². The first-order valence-electron chi connectivity index (χ1n) is 8.34. The Balaban J connectivity index is 2.36. The van der Waals surface area contributed by atoms with Gasteiger partial charge in [-0.3, -0.25) is 4.79 Å². The van der Waals surface area contributed by atoms with Crippen molar-refractivity contribution in [2.24, 2.45) is 0 Å². The second-order valence-electron chi connectivity index (χ2n) is 6.55. The van der Waals surface area contributed by atoms with Gasteiger partial charge in [0, 0.05) is 5.92 Å². The van der Waals surface area contributed by atoms with Crippen molar-refractivity contribution >= 4 is 16.9 Å². The second kappa shape index (κ2) is 6.67. The summed E-state index contributed by atoms with van der Waals surface area (Å²) in [6.45, 7) is 5.56. The van der Waals surface area contributed by atoms with E-state index in [2.05, 4.69) is 0 Å². The maximum atomic E-state index is 12.7. The van der Waals surface area contributed by atoms with Crippen LogP contribution in [0.5, 0.6) is 5.75 Å². The van der Waals surface area contributed by atoms with E-state index in [-0.39, 0.29) is 17.7 Å². The van der Waals surface area contributed by atoms with E-state index >= 15 is 0 Å². The number of rotatable bonds is 4.